The van der Waals surface area contributed by atoms with Crippen molar-refractivity contribution in [1.82, 2.24) is 5.32 Å². The quantitative estimate of drug-likeness (QED) is 0.827. The molecule has 0 unspecified atom stereocenters. The maximum Gasteiger partial charge on any atom is 0.251 e. The van der Waals surface area contributed by atoms with E-state index in [2.05, 4.69) is 5.32 Å². The van der Waals surface area contributed by atoms with Crippen molar-refractivity contribution < 1.29 is 9.90 Å². The van der Waals surface area contributed by atoms with Crippen molar-refractivity contribution in [2.75, 3.05) is 19.4 Å². The number of amides is 1. The standard InChI is InChI=1S/C14H19NO2S/c1-18-8-11-3-2-4-12(7-11)13(17)15-9-14(10-16)5-6-14/h2-4,7,16H,5-6,8-10H2,1H3,(H,15,17). The lowest BCUT2D eigenvalue weighted by Crippen LogP contribution is -2.31. The van der Waals surface area contributed by atoms with Crippen LogP contribution >= 0.6 is 11.8 Å². The van der Waals surface area contributed by atoms with Gasteiger partial charge in [-0.25, -0.2) is 0 Å². The Morgan fingerprint density at radius 3 is 2.89 bits per heavy atom. The summed E-state index contributed by atoms with van der Waals surface area (Å²) < 4.78 is 0. The Labute approximate surface area is 112 Å². The van der Waals surface area contributed by atoms with Crippen molar-refractivity contribution in [3.8, 4) is 0 Å². The summed E-state index contributed by atoms with van der Waals surface area (Å²) in [6, 6.07) is 7.71. The second-order valence-electron chi connectivity index (χ2n) is 4.97. The molecule has 2 N–H and O–H groups in total. The molecule has 0 saturated heterocycles. The van der Waals surface area contributed by atoms with Gasteiger partial charge in [0.2, 0.25) is 0 Å². The number of thioether (sulfide) groups is 1. The van der Waals surface area contributed by atoms with Gasteiger partial charge in [-0.05, 0) is 36.8 Å². The van der Waals surface area contributed by atoms with Crippen molar-refractivity contribution in [1.29, 1.82) is 0 Å². The summed E-state index contributed by atoms with van der Waals surface area (Å²) in [5.74, 6) is 0.875. The molecule has 18 heavy (non-hydrogen) atoms. The highest BCUT2D eigenvalue weighted by Gasteiger charge is 2.42. The van der Waals surface area contributed by atoms with E-state index in [1.54, 1.807) is 11.8 Å². The van der Waals surface area contributed by atoms with Crippen LogP contribution < -0.4 is 5.32 Å². The molecular weight excluding hydrogens is 246 g/mol. The first-order valence-corrected chi connectivity index (χ1v) is 7.55. The maximum absolute atomic E-state index is 12.0. The zero-order valence-corrected chi connectivity index (χ0v) is 11.4. The van der Waals surface area contributed by atoms with Gasteiger partial charge in [-0.2, -0.15) is 11.8 Å². The minimum absolute atomic E-state index is 0.0352. The highest BCUT2D eigenvalue weighted by molar-refractivity contribution is 7.97. The van der Waals surface area contributed by atoms with Gasteiger partial charge in [0.05, 0.1) is 6.61 Å². The molecule has 2 rings (SSSR count). The van der Waals surface area contributed by atoms with Crippen LogP contribution in [-0.4, -0.2) is 30.4 Å². The molecule has 0 aliphatic heterocycles. The molecule has 1 aliphatic carbocycles. The number of aliphatic hydroxyl groups is 1. The summed E-state index contributed by atoms with van der Waals surface area (Å²) in [5, 5.41) is 12.1. The molecule has 0 radical (unpaired) electrons. The average molecular weight is 265 g/mol. The van der Waals surface area contributed by atoms with Gasteiger partial charge >= 0.3 is 0 Å². The predicted octanol–water partition coefficient (Wildman–Crippen LogP) is 2.05. The van der Waals surface area contributed by atoms with E-state index in [1.165, 1.54) is 5.56 Å². The van der Waals surface area contributed by atoms with E-state index >= 15 is 0 Å². The summed E-state index contributed by atoms with van der Waals surface area (Å²) in [6.45, 7) is 0.745. The lowest BCUT2D eigenvalue weighted by atomic mass is 10.1. The number of rotatable bonds is 6. The van der Waals surface area contributed by atoms with E-state index < -0.39 is 0 Å². The smallest absolute Gasteiger partial charge is 0.251 e. The molecule has 98 valence electrons. The molecule has 1 aromatic rings. The van der Waals surface area contributed by atoms with Crippen molar-refractivity contribution in [2.45, 2.75) is 18.6 Å². The van der Waals surface area contributed by atoms with E-state index in [-0.39, 0.29) is 17.9 Å². The summed E-state index contributed by atoms with van der Waals surface area (Å²) in [5.41, 5.74) is 1.83. The minimum Gasteiger partial charge on any atom is -0.396 e. The summed E-state index contributed by atoms with van der Waals surface area (Å²) in [7, 11) is 0. The molecule has 0 spiro atoms. The number of nitrogens with one attached hydrogen (secondary N) is 1. The molecule has 1 fully saturated rings. The molecule has 3 nitrogen and oxygen atoms in total. The van der Waals surface area contributed by atoms with Crippen molar-refractivity contribution in [3.05, 3.63) is 35.4 Å². The van der Waals surface area contributed by atoms with Crippen molar-refractivity contribution >= 4 is 17.7 Å². The number of carbonyl (C=O) groups excluding carboxylic acids is 1. The van der Waals surface area contributed by atoms with Gasteiger partial charge in [0.15, 0.2) is 0 Å². The first-order valence-electron chi connectivity index (χ1n) is 6.16. The molecule has 1 amide bonds. The van der Waals surface area contributed by atoms with E-state index in [1.807, 2.05) is 30.5 Å². The highest BCUT2D eigenvalue weighted by Crippen LogP contribution is 2.44. The number of hydrogen-bond donors (Lipinski definition) is 2. The van der Waals surface area contributed by atoms with E-state index in [0.29, 0.717) is 12.1 Å². The van der Waals surface area contributed by atoms with Gasteiger partial charge < -0.3 is 10.4 Å². The number of hydrogen-bond acceptors (Lipinski definition) is 3. The Hall–Kier alpha value is -1.00. The van der Waals surface area contributed by atoms with Gasteiger partial charge in [-0.1, -0.05) is 12.1 Å². The number of benzene rings is 1. The fourth-order valence-corrected chi connectivity index (χ4v) is 2.42. The third-order valence-electron chi connectivity index (χ3n) is 3.42. The Morgan fingerprint density at radius 1 is 1.50 bits per heavy atom. The topological polar surface area (TPSA) is 49.3 Å². The zero-order valence-electron chi connectivity index (χ0n) is 10.6. The van der Waals surface area contributed by atoms with Gasteiger partial charge in [-0.3, -0.25) is 4.79 Å². The van der Waals surface area contributed by atoms with Gasteiger partial charge in [0, 0.05) is 23.3 Å². The van der Waals surface area contributed by atoms with Gasteiger partial charge in [-0.15, -0.1) is 0 Å². The summed E-state index contributed by atoms with van der Waals surface area (Å²) in [6.07, 6.45) is 4.07. The number of carbonyl (C=O) groups is 1. The lowest BCUT2D eigenvalue weighted by molar-refractivity contribution is 0.0935. The Morgan fingerprint density at radius 2 is 2.28 bits per heavy atom. The predicted molar refractivity (Wildman–Crippen MR) is 74.7 cm³/mol. The molecular formula is C14H19NO2S. The first-order chi connectivity index (χ1) is 8.69. The van der Waals surface area contributed by atoms with Crippen LogP contribution in [0.25, 0.3) is 0 Å². The molecule has 0 bridgehead atoms. The monoisotopic (exact) mass is 265 g/mol. The summed E-state index contributed by atoms with van der Waals surface area (Å²) in [4.78, 5) is 12.0. The molecule has 4 heteroatoms. The molecule has 0 aromatic heterocycles. The Bertz CT molecular complexity index is 430. The van der Waals surface area contributed by atoms with E-state index in [9.17, 15) is 9.90 Å². The largest absolute Gasteiger partial charge is 0.396 e. The first kappa shape index (κ1) is 13.4. The molecule has 0 atom stereocenters. The van der Waals surface area contributed by atoms with Crippen molar-refractivity contribution in [2.24, 2.45) is 5.41 Å². The maximum atomic E-state index is 12.0. The van der Waals surface area contributed by atoms with Crippen LogP contribution in [0, 0.1) is 5.41 Å². The van der Waals surface area contributed by atoms with E-state index in [4.69, 9.17) is 0 Å². The molecule has 0 heterocycles. The summed E-state index contributed by atoms with van der Waals surface area (Å²) >= 11 is 1.74. The van der Waals surface area contributed by atoms with Crippen LogP contribution in [0.1, 0.15) is 28.8 Å². The zero-order chi connectivity index (χ0) is 13.0. The Kier molecular flexibility index (Phi) is 4.30. The normalized spacial score (nSPS) is 16.3. The molecule has 1 aromatic carbocycles. The van der Waals surface area contributed by atoms with Gasteiger partial charge in [0.1, 0.15) is 0 Å². The average Bonchev–Trinajstić information content (AvgIpc) is 3.17. The van der Waals surface area contributed by atoms with E-state index in [0.717, 1.165) is 18.6 Å². The fraction of sp³-hybridized carbons (Fsp3) is 0.500. The highest BCUT2D eigenvalue weighted by atomic mass is 32.2. The van der Waals surface area contributed by atoms with Crippen molar-refractivity contribution in [3.63, 3.8) is 0 Å². The fourth-order valence-electron chi connectivity index (χ4n) is 1.91. The van der Waals surface area contributed by atoms with Crippen LogP contribution in [-0.2, 0) is 5.75 Å². The molecule has 1 aliphatic rings. The van der Waals surface area contributed by atoms with Crippen LogP contribution in [0.15, 0.2) is 24.3 Å². The minimum atomic E-state index is -0.0438. The lowest BCUT2D eigenvalue weighted by Gasteiger charge is -2.13. The van der Waals surface area contributed by atoms with Crippen LogP contribution in [0.5, 0.6) is 0 Å². The number of aliphatic hydroxyl groups excluding tert-OH is 1. The second kappa shape index (κ2) is 5.76. The Balaban J connectivity index is 1.93. The van der Waals surface area contributed by atoms with Crippen LogP contribution in [0.2, 0.25) is 0 Å². The van der Waals surface area contributed by atoms with Gasteiger partial charge in [0.25, 0.3) is 5.91 Å². The van der Waals surface area contributed by atoms with Crippen LogP contribution in [0.3, 0.4) is 0 Å². The second-order valence-corrected chi connectivity index (χ2v) is 5.84. The SMILES string of the molecule is CSCc1cccc(C(=O)NCC2(CO)CC2)c1. The molecule has 1 saturated carbocycles. The van der Waals surface area contributed by atoms with Crippen LogP contribution in [0.4, 0.5) is 0 Å². The third kappa shape index (κ3) is 3.27. The third-order valence-corrected chi connectivity index (χ3v) is 4.04.